The molecule has 64 heavy (non-hydrogen) atoms. The molecule has 1 unspecified atom stereocenters. The summed E-state index contributed by atoms with van der Waals surface area (Å²) in [5.41, 5.74) is 12.4. The standard InChI is InChI=1S/C45H63N9O9S/c1-27(2)16-19-38(56)54(36(39(47)57)21-23-64-6)53-22-20-33(43(53)61)49-41(59)34(24-28-12-8-7-9-13-28)50-42(60)35(25-29-26-48-31-15-11-10-14-30(29)31)51-40(58)32(17-18-37(46)55)52-44(62)63-45(3,4)5/h7-15,26-27,32-36,48H,16-25H2,1-6H3,(H2,46,55)(H2,47,57)(H,49,59)(H,50,60)(H,51,58)(H,52,62)/t32-,33-,34+,35+,36?/m0/s1. The minimum atomic E-state index is -1.34. The van der Waals surface area contributed by atoms with Gasteiger partial charge in [0, 0.05) is 49.3 Å². The zero-order valence-corrected chi connectivity index (χ0v) is 38.3. The third kappa shape index (κ3) is 15.0. The van der Waals surface area contributed by atoms with E-state index in [2.05, 4.69) is 26.3 Å². The third-order valence-electron chi connectivity index (χ3n) is 10.5. The molecule has 2 aromatic carbocycles. The predicted octanol–water partition coefficient (Wildman–Crippen LogP) is 2.59. The number of benzene rings is 2. The van der Waals surface area contributed by atoms with Gasteiger partial charge < -0.3 is 42.5 Å². The Kier molecular flexibility index (Phi) is 18.6. The van der Waals surface area contributed by atoms with Crippen LogP contribution in [-0.4, -0.2) is 117 Å². The van der Waals surface area contributed by atoms with Gasteiger partial charge in [-0.1, -0.05) is 62.4 Å². The molecule has 0 bridgehead atoms. The Balaban J connectivity index is 1.64. The molecule has 1 aliphatic heterocycles. The summed E-state index contributed by atoms with van der Waals surface area (Å²) in [4.78, 5) is 111. The lowest BCUT2D eigenvalue weighted by atomic mass is 10.0. The molecule has 1 aliphatic rings. The average molecular weight is 906 g/mol. The van der Waals surface area contributed by atoms with Crippen LogP contribution in [-0.2, 0) is 51.1 Å². The Morgan fingerprint density at radius 1 is 0.844 bits per heavy atom. The maximum atomic E-state index is 14.5. The summed E-state index contributed by atoms with van der Waals surface area (Å²) >= 11 is 1.47. The molecule has 8 amide bonds. The number of hydrazine groups is 1. The molecule has 0 spiro atoms. The first kappa shape index (κ1) is 50.5. The highest BCUT2D eigenvalue weighted by molar-refractivity contribution is 7.98. The molecule has 0 radical (unpaired) electrons. The van der Waals surface area contributed by atoms with Crippen molar-refractivity contribution in [1.29, 1.82) is 0 Å². The van der Waals surface area contributed by atoms with E-state index in [0.29, 0.717) is 23.3 Å². The van der Waals surface area contributed by atoms with Gasteiger partial charge in [0.15, 0.2) is 0 Å². The van der Waals surface area contributed by atoms with Gasteiger partial charge in [-0.25, -0.2) is 14.8 Å². The molecule has 4 rings (SSSR count). The smallest absolute Gasteiger partial charge is 0.408 e. The molecule has 1 saturated heterocycles. The first-order valence-corrected chi connectivity index (χ1v) is 22.9. The average Bonchev–Trinajstić information content (AvgIpc) is 3.80. The zero-order valence-electron chi connectivity index (χ0n) is 37.4. The second kappa shape index (κ2) is 23.5. The molecular weight excluding hydrogens is 843 g/mol. The first-order chi connectivity index (χ1) is 30.3. The molecule has 0 aliphatic carbocycles. The number of rotatable bonds is 23. The van der Waals surface area contributed by atoms with Gasteiger partial charge in [0.1, 0.15) is 35.8 Å². The van der Waals surface area contributed by atoms with Crippen LogP contribution in [0.4, 0.5) is 4.79 Å². The summed E-state index contributed by atoms with van der Waals surface area (Å²) in [7, 11) is 0. The fourth-order valence-corrected chi connectivity index (χ4v) is 7.70. The summed E-state index contributed by atoms with van der Waals surface area (Å²) < 4.78 is 5.36. The number of nitrogens with one attached hydrogen (secondary N) is 5. The molecule has 1 aromatic heterocycles. The maximum Gasteiger partial charge on any atom is 0.408 e. The number of alkyl carbamates (subject to hydrolysis) is 1. The largest absolute Gasteiger partial charge is 0.444 e. The summed E-state index contributed by atoms with van der Waals surface area (Å²) in [5, 5.41) is 13.9. The topological polar surface area (TPSA) is 268 Å². The highest BCUT2D eigenvalue weighted by Crippen LogP contribution is 2.23. The number of fused-ring (bicyclic) bond motifs is 1. The molecule has 1 fully saturated rings. The number of hydrogen-bond donors (Lipinski definition) is 7. The van der Waals surface area contributed by atoms with Gasteiger partial charge in [-0.2, -0.15) is 11.8 Å². The second-order valence-corrected chi connectivity index (χ2v) is 18.2. The Labute approximate surface area is 378 Å². The number of amides is 8. The predicted molar refractivity (Wildman–Crippen MR) is 243 cm³/mol. The number of aromatic nitrogens is 1. The molecular formula is C45H63N9O9S. The van der Waals surface area contributed by atoms with Gasteiger partial charge in [-0.05, 0) is 81.6 Å². The van der Waals surface area contributed by atoms with E-state index in [1.165, 1.54) is 16.8 Å². The quantitative estimate of drug-likeness (QED) is 0.0731. The molecule has 18 nitrogen and oxygen atoms in total. The van der Waals surface area contributed by atoms with Gasteiger partial charge in [0.2, 0.25) is 35.4 Å². The van der Waals surface area contributed by atoms with Crippen LogP contribution >= 0.6 is 11.8 Å². The number of H-pyrrole nitrogens is 1. The van der Waals surface area contributed by atoms with Gasteiger partial charge in [-0.3, -0.25) is 33.6 Å². The number of hydrogen-bond acceptors (Lipinski definition) is 10. The monoisotopic (exact) mass is 905 g/mol. The van der Waals surface area contributed by atoms with E-state index in [0.717, 1.165) is 15.9 Å². The highest BCUT2D eigenvalue weighted by atomic mass is 32.2. The van der Waals surface area contributed by atoms with Crippen LogP contribution in [0.5, 0.6) is 0 Å². The summed E-state index contributed by atoms with van der Waals surface area (Å²) in [6.07, 6.45) is 2.97. The minimum Gasteiger partial charge on any atom is -0.444 e. The number of nitrogens with two attached hydrogens (primary N) is 2. The van der Waals surface area contributed by atoms with Gasteiger partial charge in [0.25, 0.3) is 5.91 Å². The number of carbonyl (C=O) groups excluding carboxylic acids is 8. The molecule has 2 heterocycles. The summed E-state index contributed by atoms with van der Waals surface area (Å²) in [6.45, 7) is 8.86. The fourth-order valence-electron chi connectivity index (χ4n) is 7.24. The highest BCUT2D eigenvalue weighted by Gasteiger charge is 2.43. The van der Waals surface area contributed by atoms with Crippen molar-refractivity contribution < 1.29 is 43.1 Å². The van der Waals surface area contributed by atoms with Crippen molar-refractivity contribution >= 4 is 70.1 Å². The minimum absolute atomic E-state index is 0.0168. The lowest BCUT2D eigenvalue weighted by molar-refractivity contribution is -0.168. The number of carbonyl (C=O) groups is 8. The van der Waals surface area contributed by atoms with Crippen LogP contribution in [0, 0.1) is 5.92 Å². The maximum absolute atomic E-state index is 14.5. The normalized spacial score (nSPS) is 15.8. The lowest BCUT2D eigenvalue weighted by Crippen LogP contribution is -2.60. The molecule has 348 valence electrons. The Hall–Kier alpha value is -6.11. The van der Waals surface area contributed by atoms with Crippen molar-refractivity contribution in [1.82, 2.24) is 36.3 Å². The van der Waals surface area contributed by atoms with Gasteiger partial charge >= 0.3 is 6.09 Å². The lowest BCUT2D eigenvalue weighted by Gasteiger charge is -2.37. The second-order valence-electron chi connectivity index (χ2n) is 17.3. The number of aromatic amines is 1. The van der Waals surface area contributed by atoms with Crippen LogP contribution in [0.3, 0.4) is 0 Å². The number of nitrogens with zero attached hydrogens (tertiary/aromatic N) is 2. The van der Waals surface area contributed by atoms with Crippen LogP contribution in [0.2, 0.25) is 0 Å². The van der Waals surface area contributed by atoms with E-state index in [-0.39, 0.29) is 57.4 Å². The van der Waals surface area contributed by atoms with Crippen LogP contribution in [0.1, 0.15) is 84.3 Å². The Bertz CT molecular complexity index is 2120. The van der Waals surface area contributed by atoms with Crippen molar-refractivity contribution in [2.24, 2.45) is 17.4 Å². The van der Waals surface area contributed by atoms with E-state index in [1.807, 2.05) is 44.4 Å². The van der Waals surface area contributed by atoms with E-state index < -0.39 is 83.3 Å². The zero-order chi connectivity index (χ0) is 47.1. The Morgan fingerprint density at radius 2 is 1.48 bits per heavy atom. The number of thioether (sulfide) groups is 1. The van der Waals surface area contributed by atoms with Gasteiger partial charge in [0.05, 0.1) is 0 Å². The summed E-state index contributed by atoms with van der Waals surface area (Å²) in [5.74, 6) is -4.14. The molecule has 3 aromatic rings. The van der Waals surface area contributed by atoms with Crippen LogP contribution in [0.15, 0.2) is 60.8 Å². The molecule has 0 saturated carbocycles. The SMILES string of the molecule is CSCCC(C(N)=O)N(C(=O)CCC(C)C)N1CC[C@H](NC(=O)[C@@H](Cc2ccccc2)NC(=O)[C@@H](Cc2c[nH]c3ccccc23)NC(=O)[C@H](CCC(N)=O)NC(=O)OC(C)(C)C)C1=O. The van der Waals surface area contributed by atoms with Crippen molar-refractivity contribution in [2.75, 3.05) is 18.6 Å². The first-order valence-electron chi connectivity index (χ1n) is 21.5. The molecule has 9 N–H and O–H groups in total. The van der Waals surface area contributed by atoms with E-state index >= 15 is 0 Å². The van der Waals surface area contributed by atoms with Crippen LogP contribution < -0.4 is 32.7 Å². The summed E-state index contributed by atoms with van der Waals surface area (Å²) in [6, 6.07) is 10.1. The molecule has 19 heteroatoms. The van der Waals surface area contributed by atoms with Crippen molar-refractivity contribution in [3.63, 3.8) is 0 Å². The Morgan fingerprint density at radius 3 is 2.11 bits per heavy atom. The number of ether oxygens (including phenoxy) is 1. The van der Waals surface area contributed by atoms with E-state index in [4.69, 9.17) is 16.2 Å². The molecule has 5 atom stereocenters. The number of primary amides is 2. The van der Waals surface area contributed by atoms with Gasteiger partial charge in [-0.15, -0.1) is 0 Å². The van der Waals surface area contributed by atoms with E-state index in [1.54, 1.807) is 57.3 Å². The van der Waals surface area contributed by atoms with Crippen molar-refractivity contribution in [3.8, 4) is 0 Å². The van der Waals surface area contributed by atoms with Crippen molar-refractivity contribution in [3.05, 3.63) is 71.9 Å². The fraction of sp³-hybridized carbons (Fsp3) is 0.511. The van der Waals surface area contributed by atoms with E-state index in [9.17, 15) is 38.4 Å². The third-order valence-corrected chi connectivity index (χ3v) is 11.1. The number of para-hydroxylation sites is 1. The van der Waals surface area contributed by atoms with Crippen LogP contribution in [0.25, 0.3) is 10.9 Å². The van der Waals surface area contributed by atoms with Crippen molar-refractivity contribution in [2.45, 2.75) is 122 Å².